The Bertz CT molecular complexity index is 1130. The Morgan fingerprint density at radius 2 is 1.83 bits per heavy atom. The molecular weight excluding hydrogens is 507 g/mol. The molecule has 35 heavy (non-hydrogen) atoms. The van der Waals surface area contributed by atoms with Crippen LogP contribution >= 0.6 is 11.6 Å². The van der Waals surface area contributed by atoms with Crippen LogP contribution in [-0.4, -0.2) is 80.1 Å². The van der Waals surface area contributed by atoms with Crippen LogP contribution in [0.2, 0.25) is 5.02 Å². The van der Waals surface area contributed by atoms with Crippen LogP contribution in [-0.2, 0) is 19.9 Å². The standard InChI is InChI=1S/C20H17ClF3NO10/c21-8-5-7-9(6-10(8)33-16-13(28)11(26)12(27)14(34-16)15(29)30)25-17(31)35-19(7,20(22,23)24)4-3-18(32)1-2-18/h5-6,11-14,16,26-28,32H,1-2H2,(H,25,31)(H,29,30)/t11-,12-,13+,14-,16+,19?/m0/s1. The fourth-order valence-electron chi connectivity index (χ4n) is 3.46. The maximum Gasteiger partial charge on any atom is 0.445 e. The Morgan fingerprint density at radius 3 is 2.40 bits per heavy atom. The number of carbonyl (C=O) groups is 2. The van der Waals surface area contributed by atoms with Gasteiger partial charge in [0.05, 0.1) is 10.7 Å². The van der Waals surface area contributed by atoms with Gasteiger partial charge in [0.25, 0.3) is 5.60 Å². The number of hydrogen-bond donors (Lipinski definition) is 6. The summed E-state index contributed by atoms with van der Waals surface area (Å²) in [6.07, 6.45) is -16.4. The zero-order valence-electron chi connectivity index (χ0n) is 17.2. The number of cyclic esters (lactones) is 1. The molecule has 1 aromatic carbocycles. The minimum atomic E-state index is -5.26. The van der Waals surface area contributed by atoms with Crippen LogP contribution < -0.4 is 10.1 Å². The molecular formula is C20H17ClF3NO10. The predicted octanol–water partition coefficient (Wildman–Crippen LogP) is 0.459. The van der Waals surface area contributed by atoms with Crippen molar-refractivity contribution in [3.8, 4) is 17.6 Å². The van der Waals surface area contributed by atoms with Crippen LogP contribution in [0.25, 0.3) is 0 Å². The van der Waals surface area contributed by atoms with E-state index in [0.29, 0.717) is 0 Å². The lowest BCUT2D eigenvalue weighted by Crippen LogP contribution is -2.61. The van der Waals surface area contributed by atoms with E-state index in [9.17, 15) is 43.2 Å². The molecule has 190 valence electrons. The van der Waals surface area contributed by atoms with Gasteiger partial charge in [-0.05, 0) is 24.8 Å². The highest BCUT2D eigenvalue weighted by atomic mass is 35.5. The molecule has 4 rings (SSSR count). The van der Waals surface area contributed by atoms with Crippen molar-refractivity contribution in [2.75, 3.05) is 5.32 Å². The summed E-state index contributed by atoms with van der Waals surface area (Å²) in [4.78, 5) is 23.3. The van der Waals surface area contributed by atoms with Gasteiger partial charge in [0.15, 0.2) is 6.10 Å². The Hall–Kier alpha value is -2.80. The number of amides is 1. The number of carboxylic acids is 1. The quantitative estimate of drug-likeness (QED) is 0.305. The van der Waals surface area contributed by atoms with Crippen molar-refractivity contribution in [1.82, 2.24) is 0 Å². The summed E-state index contributed by atoms with van der Waals surface area (Å²) in [5.41, 5.74) is -6.36. The van der Waals surface area contributed by atoms with Crippen LogP contribution in [0.15, 0.2) is 12.1 Å². The lowest BCUT2D eigenvalue weighted by Gasteiger charge is -2.39. The Balaban J connectivity index is 1.74. The van der Waals surface area contributed by atoms with Gasteiger partial charge in [0.2, 0.25) is 6.29 Å². The summed E-state index contributed by atoms with van der Waals surface area (Å²) < 4.78 is 57.3. The molecule has 2 heterocycles. The second kappa shape index (κ2) is 8.40. The third-order valence-electron chi connectivity index (χ3n) is 5.58. The molecule has 0 radical (unpaired) electrons. The summed E-state index contributed by atoms with van der Waals surface area (Å²) >= 11 is 6.08. The number of fused-ring (bicyclic) bond motifs is 1. The molecule has 1 aliphatic carbocycles. The number of rotatable bonds is 3. The van der Waals surface area contributed by atoms with Crippen molar-refractivity contribution in [3.05, 3.63) is 22.7 Å². The molecule has 0 spiro atoms. The van der Waals surface area contributed by atoms with Gasteiger partial charge in [-0.15, -0.1) is 0 Å². The normalized spacial score (nSPS) is 33.4. The highest BCUT2D eigenvalue weighted by Gasteiger charge is 2.62. The number of ether oxygens (including phenoxy) is 3. The molecule has 1 saturated heterocycles. The van der Waals surface area contributed by atoms with Crippen molar-refractivity contribution >= 4 is 29.4 Å². The topological polar surface area (TPSA) is 175 Å². The van der Waals surface area contributed by atoms with Gasteiger partial charge in [-0.25, -0.2) is 9.59 Å². The summed E-state index contributed by atoms with van der Waals surface area (Å²) in [5.74, 6) is 1.75. The largest absolute Gasteiger partial charge is 0.479 e. The zero-order chi connectivity index (χ0) is 25.9. The highest BCUT2D eigenvalue weighted by Crippen LogP contribution is 2.50. The predicted molar refractivity (Wildman–Crippen MR) is 106 cm³/mol. The lowest BCUT2D eigenvalue weighted by atomic mass is 9.90. The van der Waals surface area contributed by atoms with Gasteiger partial charge in [-0.1, -0.05) is 17.5 Å². The van der Waals surface area contributed by atoms with E-state index in [1.165, 1.54) is 0 Å². The second-order valence-corrected chi connectivity index (χ2v) is 8.56. The van der Waals surface area contributed by atoms with Crippen LogP contribution in [0, 0.1) is 11.8 Å². The maximum absolute atomic E-state index is 14.2. The van der Waals surface area contributed by atoms with Crippen molar-refractivity contribution < 1.29 is 62.5 Å². The van der Waals surface area contributed by atoms with Crippen molar-refractivity contribution in [2.24, 2.45) is 0 Å². The number of carboxylic acid groups (broad SMARTS) is 1. The Labute approximate surface area is 199 Å². The number of hydrogen-bond acceptors (Lipinski definition) is 9. The smallest absolute Gasteiger partial charge is 0.445 e. The highest BCUT2D eigenvalue weighted by molar-refractivity contribution is 6.32. The monoisotopic (exact) mass is 523 g/mol. The molecule has 0 aromatic heterocycles. The van der Waals surface area contributed by atoms with E-state index in [1.54, 1.807) is 0 Å². The first-order valence-corrected chi connectivity index (χ1v) is 10.3. The van der Waals surface area contributed by atoms with Crippen LogP contribution in [0.4, 0.5) is 23.7 Å². The first kappa shape index (κ1) is 25.3. The van der Waals surface area contributed by atoms with E-state index in [-0.39, 0.29) is 12.8 Å². The minimum absolute atomic E-state index is 0.141. The van der Waals surface area contributed by atoms with Gasteiger partial charge in [-0.2, -0.15) is 13.2 Å². The molecule has 1 saturated carbocycles. The number of aliphatic carboxylic acids is 1. The Kier molecular flexibility index (Phi) is 6.07. The summed E-state index contributed by atoms with van der Waals surface area (Å²) in [6.45, 7) is 0. The Morgan fingerprint density at radius 1 is 1.17 bits per heavy atom. The van der Waals surface area contributed by atoms with E-state index in [1.807, 2.05) is 11.2 Å². The number of halogens is 4. The van der Waals surface area contributed by atoms with Gasteiger partial charge >= 0.3 is 18.2 Å². The molecule has 1 unspecified atom stereocenters. The van der Waals surface area contributed by atoms with Crippen LogP contribution in [0.3, 0.4) is 0 Å². The minimum Gasteiger partial charge on any atom is -0.479 e. The fraction of sp³-hybridized carbons (Fsp3) is 0.500. The zero-order valence-corrected chi connectivity index (χ0v) is 18.0. The molecule has 11 nitrogen and oxygen atoms in total. The summed E-state index contributed by atoms with van der Waals surface area (Å²) in [7, 11) is 0. The number of benzene rings is 1. The lowest BCUT2D eigenvalue weighted by molar-refractivity contribution is -0.271. The molecule has 15 heteroatoms. The van der Waals surface area contributed by atoms with Crippen LogP contribution in [0.5, 0.6) is 5.75 Å². The van der Waals surface area contributed by atoms with Crippen molar-refractivity contribution in [1.29, 1.82) is 0 Å². The van der Waals surface area contributed by atoms with Crippen molar-refractivity contribution in [3.63, 3.8) is 0 Å². The number of carbonyl (C=O) groups excluding carboxylic acids is 1. The molecule has 6 N–H and O–H groups in total. The number of alkyl halides is 3. The summed E-state index contributed by atoms with van der Waals surface area (Å²) in [6, 6.07) is 1.55. The number of aliphatic hydroxyl groups is 4. The van der Waals surface area contributed by atoms with E-state index < -0.39 is 82.2 Å². The first-order valence-electron chi connectivity index (χ1n) is 9.94. The van der Waals surface area contributed by atoms with Gasteiger partial charge < -0.3 is 39.7 Å². The van der Waals surface area contributed by atoms with Gasteiger partial charge in [0.1, 0.15) is 29.7 Å². The average molecular weight is 524 g/mol. The SMILES string of the molecule is O=C1Nc2cc(O[C@@H]3O[C@H](C(=O)O)[C@@H](O)[C@H](O)[C@H]3O)c(Cl)cc2C(C#CC2(O)CC2)(C(F)(F)F)O1. The van der Waals surface area contributed by atoms with Gasteiger partial charge in [0, 0.05) is 11.6 Å². The molecule has 2 fully saturated rings. The second-order valence-electron chi connectivity index (χ2n) is 8.16. The molecule has 0 bridgehead atoms. The van der Waals surface area contributed by atoms with Crippen LogP contribution in [0.1, 0.15) is 18.4 Å². The van der Waals surface area contributed by atoms with E-state index in [4.69, 9.17) is 26.2 Å². The average Bonchev–Trinajstić information content (AvgIpc) is 3.49. The number of nitrogens with one attached hydrogen (secondary N) is 1. The molecule has 1 amide bonds. The summed E-state index contributed by atoms with van der Waals surface area (Å²) in [5, 5.41) is 50.3. The maximum atomic E-state index is 14.2. The van der Waals surface area contributed by atoms with Gasteiger partial charge in [-0.3, -0.25) is 5.32 Å². The third kappa shape index (κ3) is 4.46. The molecule has 2 aliphatic heterocycles. The van der Waals surface area contributed by atoms with E-state index >= 15 is 0 Å². The third-order valence-corrected chi connectivity index (χ3v) is 5.88. The fourth-order valence-corrected chi connectivity index (χ4v) is 3.67. The molecule has 3 aliphatic rings. The number of anilines is 1. The van der Waals surface area contributed by atoms with Crippen molar-refractivity contribution in [2.45, 2.75) is 60.9 Å². The van der Waals surface area contributed by atoms with E-state index in [0.717, 1.165) is 12.1 Å². The molecule has 1 aromatic rings. The van der Waals surface area contributed by atoms with E-state index in [2.05, 4.69) is 10.7 Å². The molecule has 6 atom stereocenters. The number of aliphatic hydroxyl groups excluding tert-OH is 3. The first-order chi connectivity index (χ1) is 16.2.